The van der Waals surface area contributed by atoms with Crippen molar-refractivity contribution in [3.05, 3.63) is 60.3 Å². The van der Waals surface area contributed by atoms with Gasteiger partial charge in [-0.05, 0) is 24.1 Å². The van der Waals surface area contributed by atoms with Crippen molar-refractivity contribution in [2.75, 3.05) is 31.6 Å². The number of carbonyl (C=O) groups excluding carboxylic acids is 2. The number of ether oxygens (including phenoxy) is 2. The molecule has 2 heterocycles. The summed E-state index contributed by atoms with van der Waals surface area (Å²) in [5.74, 6) is -1.01. The minimum atomic E-state index is -1.20. The van der Waals surface area contributed by atoms with Crippen molar-refractivity contribution in [2.24, 2.45) is 5.73 Å². The fourth-order valence-corrected chi connectivity index (χ4v) is 3.46. The molecule has 1 saturated heterocycles. The third kappa shape index (κ3) is 7.71. The standard InChI is InChI=1S/C23H29N5O6/c24-19(22(30)31)12-27-21(29)15-33-18-10-17(11-26-20-8-4-5-9-25-20)28(13-18)23(32)34-14-16-6-2-1-3-7-16/h1-9,17-19H,10-15,24H2,(H,25,26)(H,27,29)(H,30,31). The molecule has 1 aliphatic heterocycles. The van der Waals surface area contributed by atoms with Crippen molar-refractivity contribution in [3.8, 4) is 0 Å². The number of hydrogen-bond donors (Lipinski definition) is 4. The second-order valence-electron chi connectivity index (χ2n) is 7.86. The van der Waals surface area contributed by atoms with Crippen LogP contribution in [0.3, 0.4) is 0 Å². The van der Waals surface area contributed by atoms with Gasteiger partial charge in [0.1, 0.15) is 25.1 Å². The minimum absolute atomic E-state index is 0.147. The fraction of sp³-hybridized carbons (Fsp3) is 0.391. The van der Waals surface area contributed by atoms with Crippen molar-refractivity contribution >= 4 is 23.8 Å². The van der Waals surface area contributed by atoms with E-state index in [1.165, 1.54) is 0 Å². The highest BCUT2D eigenvalue weighted by Crippen LogP contribution is 2.22. The van der Waals surface area contributed by atoms with E-state index in [0.29, 0.717) is 18.8 Å². The van der Waals surface area contributed by atoms with E-state index < -0.39 is 30.1 Å². The Hall–Kier alpha value is -3.70. The van der Waals surface area contributed by atoms with Gasteiger partial charge in [0.15, 0.2) is 0 Å². The summed E-state index contributed by atoms with van der Waals surface area (Å²) in [5.41, 5.74) is 6.26. The molecule has 5 N–H and O–H groups in total. The molecule has 3 unspecified atom stereocenters. The van der Waals surface area contributed by atoms with E-state index >= 15 is 0 Å². The topological polar surface area (TPSA) is 156 Å². The smallest absolute Gasteiger partial charge is 0.410 e. The normalized spacial score (nSPS) is 18.2. The Balaban J connectivity index is 1.54. The van der Waals surface area contributed by atoms with Gasteiger partial charge in [0, 0.05) is 19.3 Å². The second kappa shape index (κ2) is 12.5. The number of likely N-dealkylation sites (tertiary alicyclic amines) is 1. The maximum absolute atomic E-state index is 12.8. The van der Waals surface area contributed by atoms with Gasteiger partial charge < -0.3 is 35.8 Å². The molecule has 11 nitrogen and oxygen atoms in total. The number of carbonyl (C=O) groups is 3. The van der Waals surface area contributed by atoms with Gasteiger partial charge in [-0.3, -0.25) is 9.59 Å². The Morgan fingerprint density at radius 2 is 1.94 bits per heavy atom. The predicted octanol–water partition coefficient (Wildman–Crippen LogP) is 0.818. The molecular weight excluding hydrogens is 442 g/mol. The van der Waals surface area contributed by atoms with Crippen molar-refractivity contribution in [2.45, 2.75) is 31.2 Å². The van der Waals surface area contributed by atoms with Gasteiger partial charge >= 0.3 is 12.1 Å². The minimum Gasteiger partial charge on any atom is -0.480 e. The summed E-state index contributed by atoms with van der Waals surface area (Å²) < 4.78 is 11.2. The number of nitrogens with zero attached hydrogens (tertiary/aromatic N) is 2. The number of aliphatic carboxylic acids is 1. The molecule has 0 radical (unpaired) electrons. The van der Waals surface area contributed by atoms with E-state index in [4.69, 9.17) is 20.3 Å². The van der Waals surface area contributed by atoms with Gasteiger partial charge in [0.05, 0.1) is 18.7 Å². The first-order chi connectivity index (χ1) is 16.4. The molecule has 1 aromatic heterocycles. The molecular formula is C23H29N5O6. The maximum atomic E-state index is 12.8. The van der Waals surface area contributed by atoms with Gasteiger partial charge in [-0.2, -0.15) is 0 Å². The molecule has 2 aromatic rings. The van der Waals surface area contributed by atoms with Crippen LogP contribution in [-0.4, -0.2) is 77.4 Å². The number of benzene rings is 1. The Morgan fingerprint density at radius 1 is 1.18 bits per heavy atom. The number of nitrogens with one attached hydrogen (secondary N) is 2. The molecule has 1 aromatic carbocycles. The van der Waals surface area contributed by atoms with Crippen molar-refractivity contribution in [3.63, 3.8) is 0 Å². The molecule has 0 spiro atoms. The average Bonchev–Trinajstić information content (AvgIpc) is 3.27. The number of hydrogen-bond acceptors (Lipinski definition) is 8. The first-order valence-corrected chi connectivity index (χ1v) is 10.9. The molecule has 3 rings (SSSR count). The molecule has 34 heavy (non-hydrogen) atoms. The number of nitrogens with two attached hydrogens (primary N) is 1. The highest BCUT2D eigenvalue weighted by atomic mass is 16.6. The Bertz CT molecular complexity index is 945. The number of aromatic nitrogens is 1. The zero-order chi connectivity index (χ0) is 24.3. The summed E-state index contributed by atoms with van der Waals surface area (Å²) in [6.07, 6.45) is 1.30. The van der Waals surface area contributed by atoms with Gasteiger partial charge in [0.2, 0.25) is 5.91 Å². The fourth-order valence-electron chi connectivity index (χ4n) is 3.46. The van der Waals surface area contributed by atoms with Crippen LogP contribution >= 0.6 is 0 Å². The quantitative estimate of drug-likeness (QED) is 0.372. The van der Waals surface area contributed by atoms with E-state index in [-0.39, 0.29) is 32.3 Å². The van der Waals surface area contributed by atoms with Gasteiger partial charge in [0.25, 0.3) is 0 Å². The third-order valence-electron chi connectivity index (χ3n) is 5.29. The van der Waals surface area contributed by atoms with Crippen LogP contribution in [-0.2, 0) is 25.7 Å². The van der Waals surface area contributed by atoms with Crippen LogP contribution in [0.2, 0.25) is 0 Å². The molecule has 182 valence electrons. The second-order valence-corrected chi connectivity index (χ2v) is 7.86. The van der Waals surface area contributed by atoms with E-state index in [1.807, 2.05) is 48.5 Å². The summed E-state index contributed by atoms with van der Waals surface area (Å²) in [6, 6.07) is 13.4. The molecule has 3 atom stereocenters. The van der Waals surface area contributed by atoms with Crippen LogP contribution in [0.25, 0.3) is 0 Å². The van der Waals surface area contributed by atoms with Crippen LogP contribution in [0.1, 0.15) is 12.0 Å². The molecule has 1 fully saturated rings. The predicted molar refractivity (Wildman–Crippen MR) is 123 cm³/mol. The first-order valence-electron chi connectivity index (χ1n) is 10.9. The Labute approximate surface area is 197 Å². The SMILES string of the molecule is NC(CNC(=O)COC1CC(CNc2ccccn2)N(C(=O)OCc2ccccc2)C1)C(=O)O. The number of rotatable bonds is 11. The van der Waals surface area contributed by atoms with Crippen LogP contribution in [0, 0.1) is 0 Å². The lowest BCUT2D eigenvalue weighted by molar-refractivity contribution is -0.138. The summed E-state index contributed by atoms with van der Waals surface area (Å²) in [7, 11) is 0. The van der Waals surface area contributed by atoms with Crippen LogP contribution in [0.4, 0.5) is 10.6 Å². The lowest BCUT2D eigenvalue weighted by Crippen LogP contribution is -2.43. The van der Waals surface area contributed by atoms with Crippen molar-refractivity contribution < 1.29 is 29.0 Å². The highest BCUT2D eigenvalue weighted by Gasteiger charge is 2.37. The Morgan fingerprint density at radius 3 is 2.65 bits per heavy atom. The van der Waals surface area contributed by atoms with Gasteiger partial charge in [-0.1, -0.05) is 36.4 Å². The monoisotopic (exact) mass is 471 g/mol. The summed E-state index contributed by atoms with van der Waals surface area (Å²) in [5, 5.41) is 14.4. The van der Waals surface area contributed by atoms with Gasteiger partial charge in [-0.15, -0.1) is 0 Å². The summed E-state index contributed by atoms with van der Waals surface area (Å²) in [6.45, 7) is 0.358. The van der Waals surface area contributed by atoms with Crippen LogP contribution in [0.15, 0.2) is 54.7 Å². The number of anilines is 1. The zero-order valence-corrected chi connectivity index (χ0v) is 18.6. The lowest BCUT2D eigenvalue weighted by atomic mass is 10.2. The zero-order valence-electron chi connectivity index (χ0n) is 18.6. The Kier molecular flexibility index (Phi) is 9.18. The third-order valence-corrected chi connectivity index (χ3v) is 5.29. The number of carboxylic acids is 1. The van der Waals surface area contributed by atoms with Gasteiger partial charge in [-0.25, -0.2) is 9.78 Å². The van der Waals surface area contributed by atoms with Crippen molar-refractivity contribution in [1.82, 2.24) is 15.2 Å². The molecule has 2 amide bonds. The summed E-state index contributed by atoms with van der Waals surface area (Å²) >= 11 is 0. The van der Waals surface area contributed by atoms with Crippen LogP contribution in [0.5, 0.6) is 0 Å². The van der Waals surface area contributed by atoms with E-state index in [2.05, 4.69) is 15.6 Å². The maximum Gasteiger partial charge on any atom is 0.410 e. The number of amides is 2. The summed E-state index contributed by atoms with van der Waals surface area (Å²) in [4.78, 5) is 41.4. The molecule has 0 aliphatic carbocycles. The first kappa shape index (κ1) is 24.9. The van der Waals surface area contributed by atoms with E-state index in [1.54, 1.807) is 11.1 Å². The van der Waals surface area contributed by atoms with Crippen LogP contribution < -0.4 is 16.4 Å². The molecule has 1 aliphatic rings. The lowest BCUT2D eigenvalue weighted by Gasteiger charge is -2.24. The molecule has 0 bridgehead atoms. The highest BCUT2D eigenvalue weighted by molar-refractivity contribution is 5.79. The number of carboxylic acid groups (broad SMARTS) is 1. The molecule has 11 heteroatoms. The van der Waals surface area contributed by atoms with E-state index in [0.717, 1.165) is 5.56 Å². The largest absolute Gasteiger partial charge is 0.480 e. The van der Waals surface area contributed by atoms with E-state index in [9.17, 15) is 14.4 Å². The average molecular weight is 472 g/mol. The van der Waals surface area contributed by atoms with Crippen molar-refractivity contribution in [1.29, 1.82) is 0 Å². The molecule has 0 saturated carbocycles. The number of pyridine rings is 1.